The average molecular weight is 248 g/mol. The second kappa shape index (κ2) is 5.25. The number of hydrogen-bond donors (Lipinski definition) is 2. The molecule has 5 nitrogen and oxygen atoms in total. The van der Waals surface area contributed by atoms with E-state index in [1.165, 1.54) is 6.42 Å². The molecule has 1 amide bonds. The summed E-state index contributed by atoms with van der Waals surface area (Å²) >= 11 is 0. The summed E-state index contributed by atoms with van der Waals surface area (Å²) in [4.78, 5) is 18.0. The quantitative estimate of drug-likeness (QED) is 0.849. The molecule has 4 N–H and O–H groups in total. The lowest BCUT2D eigenvalue weighted by atomic mass is 9.99. The monoisotopic (exact) mass is 248 g/mol. The van der Waals surface area contributed by atoms with Crippen LogP contribution in [0.15, 0.2) is 12.3 Å². The van der Waals surface area contributed by atoms with E-state index in [1.807, 2.05) is 0 Å². The van der Waals surface area contributed by atoms with Crippen molar-refractivity contribution in [3.05, 3.63) is 17.8 Å². The molecule has 2 heterocycles. The van der Waals surface area contributed by atoms with Crippen molar-refractivity contribution in [3.8, 4) is 0 Å². The maximum absolute atomic E-state index is 11.5. The van der Waals surface area contributed by atoms with Crippen LogP contribution < -0.4 is 16.4 Å². The van der Waals surface area contributed by atoms with Crippen molar-refractivity contribution in [1.29, 1.82) is 0 Å². The number of aromatic nitrogens is 1. The number of nitrogens with zero attached hydrogens (tertiary/aromatic N) is 2. The molecule has 98 valence electrons. The maximum atomic E-state index is 11.5. The highest BCUT2D eigenvalue weighted by Gasteiger charge is 2.25. The molecule has 1 atom stereocenters. The summed E-state index contributed by atoms with van der Waals surface area (Å²) in [6.45, 7) is 3.08. The van der Waals surface area contributed by atoms with Crippen molar-refractivity contribution in [2.45, 2.75) is 38.6 Å². The van der Waals surface area contributed by atoms with E-state index in [4.69, 9.17) is 11.5 Å². The van der Waals surface area contributed by atoms with Gasteiger partial charge in [0.05, 0.1) is 17.4 Å². The normalized spacial score (nSPS) is 19.8. The molecule has 0 saturated carbocycles. The van der Waals surface area contributed by atoms with E-state index in [1.54, 1.807) is 12.3 Å². The van der Waals surface area contributed by atoms with E-state index in [0.717, 1.165) is 25.8 Å². The highest BCUT2D eigenvalue weighted by Crippen LogP contribution is 2.28. The van der Waals surface area contributed by atoms with Crippen molar-refractivity contribution < 1.29 is 4.79 Å². The van der Waals surface area contributed by atoms with Gasteiger partial charge in [-0.05, 0) is 31.7 Å². The predicted octanol–water partition coefficient (Wildman–Crippen LogP) is 1.53. The number of primary amides is 1. The molecule has 1 aromatic heterocycles. The first-order valence-corrected chi connectivity index (χ1v) is 6.45. The molecule has 0 spiro atoms. The van der Waals surface area contributed by atoms with Crippen LogP contribution in [-0.4, -0.2) is 23.5 Å². The topological polar surface area (TPSA) is 85.2 Å². The van der Waals surface area contributed by atoms with Gasteiger partial charge in [0.1, 0.15) is 5.82 Å². The SMILES string of the molecule is CCC1CCCCN1c1ncc(N)cc1C(N)=O. The predicted molar refractivity (Wildman–Crippen MR) is 72.4 cm³/mol. The van der Waals surface area contributed by atoms with Crippen LogP contribution in [0.1, 0.15) is 43.0 Å². The van der Waals surface area contributed by atoms with Gasteiger partial charge in [-0.3, -0.25) is 4.79 Å². The summed E-state index contributed by atoms with van der Waals surface area (Å²) in [6.07, 6.45) is 6.13. The zero-order chi connectivity index (χ0) is 13.1. The van der Waals surface area contributed by atoms with Crippen molar-refractivity contribution in [3.63, 3.8) is 0 Å². The van der Waals surface area contributed by atoms with E-state index < -0.39 is 5.91 Å². The van der Waals surface area contributed by atoms with Crippen LogP contribution in [0.5, 0.6) is 0 Å². The fourth-order valence-electron chi connectivity index (χ4n) is 2.59. The molecule has 0 bridgehead atoms. The molecule has 1 saturated heterocycles. The Morgan fingerprint density at radius 1 is 1.56 bits per heavy atom. The van der Waals surface area contributed by atoms with Gasteiger partial charge in [-0.1, -0.05) is 6.92 Å². The lowest BCUT2D eigenvalue weighted by molar-refractivity contribution is 0.100. The van der Waals surface area contributed by atoms with Crippen molar-refractivity contribution >= 4 is 17.4 Å². The van der Waals surface area contributed by atoms with Gasteiger partial charge in [-0.2, -0.15) is 0 Å². The Labute approximate surface area is 107 Å². The van der Waals surface area contributed by atoms with Crippen LogP contribution in [0.3, 0.4) is 0 Å². The Morgan fingerprint density at radius 2 is 2.33 bits per heavy atom. The molecule has 18 heavy (non-hydrogen) atoms. The Morgan fingerprint density at radius 3 is 3.00 bits per heavy atom. The third-order valence-corrected chi connectivity index (χ3v) is 3.52. The van der Waals surface area contributed by atoms with E-state index in [-0.39, 0.29) is 0 Å². The fraction of sp³-hybridized carbons (Fsp3) is 0.538. The smallest absolute Gasteiger partial charge is 0.252 e. The molecule has 0 aliphatic carbocycles. The molecule has 1 fully saturated rings. The lowest BCUT2D eigenvalue weighted by Gasteiger charge is -2.37. The summed E-state index contributed by atoms with van der Waals surface area (Å²) in [7, 11) is 0. The first-order valence-electron chi connectivity index (χ1n) is 6.45. The summed E-state index contributed by atoms with van der Waals surface area (Å²) in [5.74, 6) is 0.216. The number of pyridine rings is 1. The standard InChI is InChI=1S/C13H20N4O/c1-2-10-5-3-4-6-17(10)13-11(12(15)18)7-9(14)8-16-13/h7-8,10H,2-6,14H2,1H3,(H2,15,18). The number of rotatable bonds is 3. The summed E-state index contributed by atoms with van der Waals surface area (Å²) in [5.41, 5.74) is 12.0. The van der Waals surface area contributed by atoms with Gasteiger partial charge >= 0.3 is 0 Å². The molecule has 0 aromatic carbocycles. The lowest BCUT2D eigenvalue weighted by Crippen LogP contribution is -2.40. The van der Waals surface area contributed by atoms with Gasteiger partial charge in [0, 0.05) is 12.6 Å². The Hall–Kier alpha value is -1.78. The van der Waals surface area contributed by atoms with Gasteiger partial charge < -0.3 is 16.4 Å². The third-order valence-electron chi connectivity index (χ3n) is 3.52. The number of hydrogen-bond acceptors (Lipinski definition) is 4. The Kier molecular flexibility index (Phi) is 3.69. The number of piperidine rings is 1. The highest BCUT2D eigenvalue weighted by molar-refractivity contribution is 5.98. The second-order valence-electron chi connectivity index (χ2n) is 4.76. The first-order chi connectivity index (χ1) is 8.63. The minimum atomic E-state index is -0.467. The van der Waals surface area contributed by atoms with E-state index >= 15 is 0 Å². The highest BCUT2D eigenvalue weighted by atomic mass is 16.1. The van der Waals surface area contributed by atoms with Gasteiger partial charge in [-0.25, -0.2) is 4.98 Å². The van der Waals surface area contributed by atoms with Gasteiger partial charge in [0.2, 0.25) is 0 Å². The molecule has 2 rings (SSSR count). The van der Waals surface area contributed by atoms with Crippen molar-refractivity contribution in [2.75, 3.05) is 17.2 Å². The molecule has 5 heteroatoms. The van der Waals surface area contributed by atoms with Crippen LogP contribution in [0.4, 0.5) is 11.5 Å². The van der Waals surface area contributed by atoms with Gasteiger partial charge in [0.15, 0.2) is 0 Å². The minimum absolute atomic E-state index is 0.426. The van der Waals surface area contributed by atoms with Crippen LogP contribution in [0.25, 0.3) is 0 Å². The summed E-state index contributed by atoms with van der Waals surface area (Å²) in [5, 5.41) is 0. The van der Waals surface area contributed by atoms with Crippen LogP contribution in [0.2, 0.25) is 0 Å². The van der Waals surface area contributed by atoms with Gasteiger partial charge in [0.25, 0.3) is 5.91 Å². The van der Waals surface area contributed by atoms with E-state index in [9.17, 15) is 4.79 Å². The maximum Gasteiger partial charge on any atom is 0.252 e. The summed E-state index contributed by atoms with van der Waals surface area (Å²) in [6, 6.07) is 2.05. The minimum Gasteiger partial charge on any atom is -0.397 e. The number of carbonyl (C=O) groups excluding carboxylic acids is 1. The number of amides is 1. The average Bonchev–Trinajstić information content (AvgIpc) is 2.38. The van der Waals surface area contributed by atoms with Crippen molar-refractivity contribution in [1.82, 2.24) is 4.98 Å². The number of anilines is 2. The second-order valence-corrected chi connectivity index (χ2v) is 4.76. The number of nitrogen functional groups attached to an aromatic ring is 1. The number of nitrogens with two attached hydrogens (primary N) is 2. The van der Waals surface area contributed by atoms with Crippen molar-refractivity contribution in [2.24, 2.45) is 5.73 Å². The fourth-order valence-corrected chi connectivity index (χ4v) is 2.59. The number of carbonyl (C=O) groups is 1. The van der Waals surface area contributed by atoms with Crippen LogP contribution >= 0.6 is 0 Å². The molecular formula is C13H20N4O. The molecule has 1 unspecified atom stereocenters. The molecular weight excluding hydrogens is 228 g/mol. The van der Waals surface area contributed by atoms with Crippen LogP contribution in [-0.2, 0) is 0 Å². The molecule has 1 aliphatic rings. The Bertz CT molecular complexity index is 447. The third kappa shape index (κ3) is 2.39. The molecule has 1 aromatic rings. The van der Waals surface area contributed by atoms with Gasteiger partial charge in [-0.15, -0.1) is 0 Å². The van der Waals surface area contributed by atoms with Crippen LogP contribution in [0, 0.1) is 0 Å². The summed E-state index contributed by atoms with van der Waals surface area (Å²) < 4.78 is 0. The largest absolute Gasteiger partial charge is 0.397 e. The molecule has 0 radical (unpaired) electrons. The van der Waals surface area contributed by atoms with E-state index in [0.29, 0.717) is 23.1 Å². The zero-order valence-corrected chi connectivity index (χ0v) is 10.7. The zero-order valence-electron chi connectivity index (χ0n) is 10.7. The van der Waals surface area contributed by atoms with E-state index in [2.05, 4.69) is 16.8 Å². The molecule has 1 aliphatic heterocycles. The first kappa shape index (κ1) is 12.7. The Balaban J connectivity index is 2.39.